The molecule has 3 aromatic rings. The lowest BCUT2D eigenvalue weighted by Crippen LogP contribution is -2.48. The summed E-state index contributed by atoms with van der Waals surface area (Å²) in [6.07, 6.45) is 9.40. The summed E-state index contributed by atoms with van der Waals surface area (Å²) in [5, 5.41) is 8.75. The van der Waals surface area contributed by atoms with E-state index in [1.807, 2.05) is 41.1 Å². The molecule has 158 valence electrons. The summed E-state index contributed by atoms with van der Waals surface area (Å²) in [4.78, 5) is 24.5. The van der Waals surface area contributed by atoms with Crippen molar-refractivity contribution in [1.82, 2.24) is 24.7 Å². The maximum atomic E-state index is 13.0. The number of aromatic nitrogens is 5. The van der Waals surface area contributed by atoms with Gasteiger partial charge >= 0.3 is 0 Å². The van der Waals surface area contributed by atoms with Gasteiger partial charge in [0, 0.05) is 11.6 Å². The zero-order valence-electron chi connectivity index (χ0n) is 17.3. The number of hydrogen-bond donors (Lipinski definition) is 0. The highest BCUT2D eigenvalue weighted by Crippen LogP contribution is 2.61. The minimum Gasteiger partial charge on any atom is -0.339 e. The van der Waals surface area contributed by atoms with Crippen LogP contribution in [0.25, 0.3) is 5.69 Å². The molecule has 3 aliphatic rings. The molecule has 3 atom stereocenters. The Morgan fingerprint density at radius 3 is 2.68 bits per heavy atom. The van der Waals surface area contributed by atoms with Crippen LogP contribution in [0.2, 0.25) is 0 Å². The number of nitrogens with zero attached hydrogens (tertiary/aromatic N) is 6. The number of alkyl halides is 1. The first-order valence-corrected chi connectivity index (χ1v) is 11.8. The normalized spacial score (nSPS) is 25.4. The molecule has 1 aliphatic heterocycles. The lowest BCUT2D eigenvalue weighted by atomic mass is 10.0. The Morgan fingerprint density at radius 1 is 1.23 bits per heavy atom. The highest BCUT2D eigenvalue weighted by atomic mass is 79.9. The van der Waals surface area contributed by atoms with Crippen LogP contribution in [-0.2, 0) is 5.54 Å². The molecule has 1 aromatic carbocycles. The number of Topliss-reactive ketones (excluding diaryl/α,β-unsaturated/α-hetero) is 1. The average Bonchev–Trinajstić information content (AvgIpc) is 3.22. The second kappa shape index (κ2) is 6.95. The molecule has 0 N–H and O–H groups in total. The van der Waals surface area contributed by atoms with Crippen molar-refractivity contribution in [2.75, 3.05) is 4.90 Å². The number of benzene rings is 1. The van der Waals surface area contributed by atoms with Gasteiger partial charge in [-0.2, -0.15) is 0 Å². The van der Waals surface area contributed by atoms with Crippen LogP contribution in [0.1, 0.15) is 65.9 Å². The molecule has 0 bridgehead atoms. The van der Waals surface area contributed by atoms with E-state index in [1.54, 1.807) is 6.33 Å². The van der Waals surface area contributed by atoms with Gasteiger partial charge < -0.3 is 4.90 Å². The first kappa shape index (κ1) is 19.1. The Morgan fingerprint density at radius 2 is 1.97 bits per heavy atom. The Bertz CT molecular complexity index is 1160. The predicted octanol–water partition coefficient (Wildman–Crippen LogP) is 4.37. The molecule has 2 aliphatic carbocycles. The predicted molar refractivity (Wildman–Crippen MR) is 120 cm³/mol. The molecule has 31 heavy (non-hydrogen) atoms. The van der Waals surface area contributed by atoms with Crippen LogP contribution in [0, 0.1) is 5.92 Å². The Labute approximate surface area is 189 Å². The smallest absolute Gasteiger partial charge is 0.184 e. The average molecular weight is 479 g/mol. The summed E-state index contributed by atoms with van der Waals surface area (Å²) in [5.74, 6) is 2.83. The minimum absolute atomic E-state index is 0.0386. The van der Waals surface area contributed by atoms with Crippen LogP contribution in [-0.4, -0.2) is 36.6 Å². The van der Waals surface area contributed by atoms with E-state index in [9.17, 15) is 4.79 Å². The molecule has 2 saturated carbocycles. The molecule has 3 heterocycles. The summed E-state index contributed by atoms with van der Waals surface area (Å²) < 4.78 is 2.04. The van der Waals surface area contributed by atoms with Gasteiger partial charge in [-0.1, -0.05) is 66.0 Å². The second-order valence-corrected chi connectivity index (χ2v) is 9.81. The summed E-state index contributed by atoms with van der Waals surface area (Å²) >= 11 is 3.58. The topological polar surface area (TPSA) is 76.8 Å². The van der Waals surface area contributed by atoms with Gasteiger partial charge in [-0.05, 0) is 25.2 Å². The third-order valence-corrected chi connectivity index (χ3v) is 7.92. The van der Waals surface area contributed by atoms with Crippen LogP contribution in [0.4, 0.5) is 5.82 Å². The van der Waals surface area contributed by atoms with E-state index in [1.165, 1.54) is 12.8 Å². The fraction of sp³-hybridized carbons (Fsp3) is 0.435. The number of halogens is 1. The summed E-state index contributed by atoms with van der Waals surface area (Å²) in [7, 11) is 0. The number of carbonyl (C=O) groups is 1. The Balaban J connectivity index is 1.47. The second-order valence-electron chi connectivity index (χ2n) is 8.89. The lowest BCUT2D eigenvalue weighted by Gasteiger charge is -2.42. The van der Waals surface area contributed by atoms with Gasteiger partial charge in [0.2, 0.25) is 0 Å². The molecular weight excluding hydrogens is 456 g/mol. The van der Waals surface area contributed by atoms with Crippen molar-refractivity contribution in [1.29, 1.82) is 0 Å². The van der Waals surface area contributed by atoms with Gasteiger partial charge in [0.1, 0.15) is 22.4 Å². The molecule has 0 amide bonds. The quantitative estimate of drug-likeness (QED) is 0.409. The monoisotopic (exact) mass is 478 g/mol. The van der Waals surface area contributed by atoms with Gasteiger partial charge in [-0.3, -0.25) is 9.36 Å². The van der Waals surface area contributed by atoms with Crippen molar-refractivity contribution in [3.05, 3.63) is 60.1 Å². The SMILES string of the molecule is C[C@@H]1CC12c1nncn1-c1cnc(C(Br)C(=O)c3ccccc3)nc1N2C1CCCC1. The highest BCUT2D eigenvalue weighted by Gasteiger charge is 2.64. The molecular formula is C23H23BrN6O. The van der Waals surface area contributed by atoms with Gasteiger partial charge in [-0.15, -0.1) is 10.2 Å². The van der Waals surface area contributed by atoms with Crippen molar-refractivity contribution >= 4 is 27.5 Å². The molecule has 1 spiro atoms. The number of ketones is 1. The van der Waals surface area contributed by atoms with E-state index in [2.05, 4.69) is 42.9 Å². The summed E-state index contributed by atoms with van der Waals surface area (Å²) in [6, 6.07) is 9.72. The largest absolute Gasteiger partial charge is 0.339 e. The first-order chi connectivity index (χ1) is 15.1. The third kappa shape index (κ3) is 2.73. The summed E-state index contributed by atoms with van der Waals surface area (Å²) in [6.45, 7) is 2.28. The third-order valence-electron chi connectivity index (χ3n) is 7.10. The van der Waals surface area contributed by atoms with Gasteiger partial charge in [0.15, 0.2) is 23.2 Å². The first-order valence-electron chi connectivity index (χ1n) is 10.9. The molecule has 8 heteroatoms. The standard InChI is InChI=1S/C23H23BrN6O/c1-14-11-23(14)22-28-26-13-29(22)17-12-25-20(18(24)19(31)15-7-3-2-4-8-15)27-21(17)30(23)16-9-5-6-10-16/h2-4,7-8,12-14,16,18H,5-6,9-11H2,1H3/t14-,18?,23?/m1/s1. The van der Waals surface area contributed by atoms with E-state index in [0.717, 1.165) is 36.6 Å². The maximum Gasteiger partial charge on any atom is 0.184 e. The van der Waals surface area contributed by atoms with E-state index in [4.69, 9.17) is 4.98 Å². The molecule has 2 fully saturated rings. The highest BCUT2D eigenvalue weighted by molar-refractivity contribution is 9.09. The number of rotatable bonds is 4. The van der Waals surface area contributed by atoms with Crippen LogP contribution < -0.4 is 4.90 Å². The Hall–Kier alpha value is -2.61. The van der Waals surface area contributed by atoms with E-state index < -0.39 is 4.83 Å². The van der Waals surface area contributed by atoms with Crippen LogP contribution >= 0.6 is 15.9 Å². The number of anilines is 1. The zero-order chi connectivity index (χ0) is 21.2. The number of fused-ring (bicyclic) bond motifs is 4. The molecule has 0 saturated heterocycles. The fourth-order valence-corrected chi connectivity index (χ4v) is 5.92. The van der Waals surface area contributed by atoms with E-state index in [0.29, 0.717) is 23.3 Å². The molecule has 2 unspecified atom stereocenters. The maximum absolute atomic E-state index is 13.0. The fourth-order valence-electron chi connectivity index (χ4n) is 5.43. The molecule has 2 aromatic heterocycles. The van der Waals surface area contributed by atoms with Crippen molar-refractivity contribution in [2.24, 2.45) is 5.92 Å². The Kier molecular flexibility index (Phi) is 4.28. The van der Waals surface area contributed by atoms with E-state index >= 15 is 0 Å². The minimum atomic E-state index is -0.597. The van der Waals surface area contributed by atoms with Crippen molar-refractivity contribution in [3.63, 3.8) is 0 Å². The van der Waals surface area contributed by atoms with Crippen molar-refractivity contribution in [3.8, 4) is 5.69 Å². The van der Waals surface area contributed by atoms with Gasteiger partial charge in [0.05, 0.1) is 6.20 Å². The molecule has 7 nitrogen and oxygen atoms in total. The number of hydrogen-bond acceptors (Lipinski definition) is 6. The van der Waals surface area contributed by atoms with Gasteiger partial charge in [0.25, 0.3) is 0 Å². The molecule has 6 rings (SSSR count). The zero-order valence-corrected chi connectivity index (χ0v) is 18.9. The van der Waals surface area contributed by atoms with Gasteiger partial charge in [-0.25, -0.2) is 9.97 Å². The van der Waals surface area contributed by atoms with Crippen LogP contribution in [0.5, 0.6) is 0 Å². The van der Waals surface area contributed by atoms with E-state index in [-0.39, 0.29) is 11.3 Å². The lowest BCUT2D eigenvalue weighted by molar-refractivity contribution is 0.0989. The van der Waals surface area contributed by atoms with Crippen LogP contribution in [0.3, 0.4) is 0 Å². The van der Waals surface area contributed by atoms with Crippen LogP contribution in [0.15, 0.2) is 42.9 Å². The van der Waals surface area contributed by atoms with Crippen molar-refractivity contribution in [2.45, 2.75) is 55.4 Å². The van der Waals surface area contributed by atoms with Crippen molar-refractivity contribution < 1.29 is 4.79 Å². The summed E-state index contributed by atoms with van der Waals surface area (Å²) in [5.41, 5.74) is 1.38. The number of carbonyl (C=O) groups excluding carboxylic acids is 1. The molecule has 0 radical (unpaired) electrons.